The molecule has 0 bridgehead atoms. The Morgan fingerprint density at radius 2 is 0.750 bits per heavy atom. The van der Waals surface area contributed by atoms with E-state index in [1.54, 1.807) is 0 Å². The molecule has 6 aromatic carbocycles. The van der Waals surface area contributed by atoms with Gasteiger partial charge in [-0.25, -0.2) is 9.59 Å². The van der Waals surface area contributed by atoms with E-state index < -0.39 is 23.4 Å². The Bertz CT molecular complexity index is 2640. The standard InChI is InChI=1S/2C32H40ClNO2.C4H4O4/c2*1-5-21-32(35,27-15-13-26(14-16-27)31(2,3)4)34-22-19-29(20-23-34)36-30(24-9-7-6-8-10-24)25-11-17-28(33)18-12-25;5-3(6)1-2-4(7)8/h2*6-18,29-30,35H,5,19-23H2,1-4H3;1-2H,(H,5,6)(H,7,8)/b;;2-1+. The summed E-state index contributed by atoms with van der Waals surface area (Å²) in [7, 11) is 0. The molecule has 2 saturated heterocycles. The fourth-order valence-electron chi connectivity index (χ4n) is 10.6. The zero-order valence-corrected chi connectivity index (χ0v) is 49.5. The molecular formula is C68H84Cl2N2O8. The Morgan fingerprint density at radius 1 is 0.475 bits per heavy atom. The van der Waals surface area contributed by atoms with Gasteiger partial charge in [0.05, 0.1) is 12.2 Å². The molecule has 2 heterocycles. The zero-order valence-electron chi connectivity index (χ0n) is 48.0. The molecule has 12 heteroatoms. The number of aliphatic carboxylic acids is 2. The van der Waals surface area contributed by atoms with E-state index >= 15 is 0 Å². The summed E-state index contributed by atoms with van der Waals surface area (Å²) in [6.45, 7) is 20.8. The van der Waals surface area contributed by atoms with Gasteiger partial charge in [0.25, 0.3) is 0 Å². The van der Waals surface area contributed by atoms with Crippen molar-refractivity contribution in [2.24, 2.45) is 0 Å². The molecule has 0 aromatic heterocycles. The quantitative estimate of drug-likeness (QED) is 0.0615. The van der Waals surface area contributed by atoms with Crippen molar-refractivity contribution in [2.75, 3.05) is 26.2 Å². The van der Waals surface area contributed by atoms with Crippen LogP contribution in [0.15, 0.2) is 170 Å². The predicted molar refractivity (Wildman–Crippen MR) is 323 cm³/mol. The number of aliphatic hydroxyl groups is 2. The van der Waals surface area contributed by atoms with Gasteiger partial charge in [0.1, 0.15) is 23.7 Å². The molecule has 80 heavy (non-hydrogen) atoms. The second-order valence-electron chi connectivity index (χ2n) is 23.1. The van der Waals surface area contributed by atoms with Crippen LogP contribution in [0.25, 0.3) is 0 Å². The van der Waals surface area contributed by atoms with E-state index in [9.17, 15) is 19.8 Å². The van der Waals surface area contributed by atoms with Crippen LogP contribution in [-0.2, 0) is 41.3 Å². The van der Waals surface area contributed by atoms with Gasteiger partial charge < -0.3 is 29.9 Å². The van der Waals surface area contributed by atoms with Crippen LogP contribution in [0, 0.1) is 0 Å². The first kappa shape index (κ1) is 63.5. The van der Waals surface area contributed by atoms with E-state index in [1.165, 1.54) is 11.1 Å². The lowest BCUT2D eigenvalue weighted by Crippen LogP contribution is -2.51. The fraction of sp³-hybridized carbons (Fsp3) is 0.412. The Balaban J connectivity index is 0.000000227. The van der Waals surface area contributed by atoms with E-state index in [2.05, 4.69) is 187 Å². The molecular weight excluding hydrogens is 1040 g/mol. The van der Waals surface area contributed by atoms with E-state index in [-0.39, 0.29) is 35.2 Å². The highest BCUT2D eigenvalue weighted by Gasteiger charge is 2.40. The summed E-state index contributed by atoms with van der Waals surface area (Å²) in [6.07, 6.45) is 7.85. The number of halogens is 2. The van der Waals surface area contributed by atoms with Crippen LogP contribution in [0.4, 0.5) is 0 Å². The van der Waals surface area contributed by atoms with Crippen LogP contribution >= 0.6 is 23.2 Å². The van der Waals surface area contributed by atoms with Gasteiger partial charge in [-0.15, -0.1) is 0 Å². The van der Waals surface area contributed by atoms with Crippen LogP contribution < -0.4 is 0 Å². The van der Waals surface area contributed by atoms with Gasteiger partial charge in [0, 0.05) is 48.4 Å². The zero-order chi connectivity index (χ0) is 58.1. The molecule has 4 atom stereocenters. The molecule has 10 nitrogen and oxygen atoms in total. The molecule has 0 aliphatic carbocycles. The van der Waals surface area contributed by atoms with Crippen molar-refractivity contribution in [3.05, 3.63) is 224 Å². The van der Waals surface area contributed by atoms with Gasteiger partial charge in [-0.1, -0.05) is 225 Å². The van der Waals surface area contributed by atoms with Gasteiger partial charge >= 0.3 is 11.9 Å². The van der Waals surface area contributed by atoms with Crippen molar-refractivity contribution < 1.29 is 39.5 Å². The number of likely N-dealkylation sites (tertiary alicyclic amines) is 2. The number of ether oxygens (including phenoxy) is 2. The molecule has 2 fully saturated rings. The molecule has 428 valence electrons. The molecule has 0 amide bonds. The Morgan fingerprint density at radius 3 is 1.01 bits per heavy atom. The third-order valence-electron chi connectivity index (χ3n) is 15.1. The lowest BCUT2D eigenvalue weighted by Gasteiger charge is -2.44. The largest absolute Gasteiger partial charge is 0.478 e. The number of rotatable bonds is 18. The number of carboxylic acids is 2. The average Bonchev–Trinajstić information content (AvgIpc) is 3.47. The number of nitrogens with zero attached hydrogens (tertiary/aromatic N) is 2. The van der Waals surface area contributed by atoms with Crippen LogP contribution in [0.1, 0.15) is 163 Å². The summed E-state index contributed by atoms with van der Waals surface area (Å²) in [5.74, 6) is -2.51. The van der Waals surface area contributed by atoms with E-state index in [4.69, 9.17) is 42.9 Å². The van der Waals surface area contributed by atoms with E-state index in [0.717, 1.165) is 108 Å². The molecule has 2 aliphatic rings. The third-order valence-corrected chi connectivity index (χ3v) is 15.6. The normalized spacial score (nSPS) is 17.2. The first-order valence-electron chi connectivity index (χ1n) is 28.3. The summed E-state index contributed by atoms with van der Waals surface area (Å²) >= 11 is 12.3. The Kier molecular flexibility index (Phi) is 23.3. The number of hydrogen-bond acceptors (Lipinski definition) is 8. The Hall–Kier alpha value is -5.66. The third kappa shape index (κ3) is 17.9. The maximum absolute atomic E-state index is 11.9. The smallest absolute Gasteiger partial charge is 0.328 e. The molecule has 6 aromatic rings. The molecule has 0 radical (unpaired) electrons. The van der Waals surface area contributed by atoms with Crippen molar-refractivity contribution in [1.82, 2.24) is 9.80 Å². The van der Waals surface area contributed by atoms with Crippen molar-refractivity contribution >= 4 is 35.1 Å². The van der Waals surface area contributed by atoms with Gasteiger partial charge in [0.15, 0.2) is 0 Å². The first-order valence-corrected chi connectivity index (χ1v) is 29.0. The summed E-state index contributed by atoms with van der Waals surface area (Å²) in [4.78, 5) is 23.6. The summed E-state index contributed by atoms with van der Waals surface area (Å²) in [6, 6.07) is 53.8. The van der Waals surface area contributed by atoms with Crippen molar-refractivity contribution in [1.29, 1.82) is 0 Å². The van der Waals surface area contributed by atoms with Gasteiger partial charge in [-0.05, 0) is 118 Å². The summed E-state index contributed by atoms with van der Waals surface area (Å²) in [5.41, 5.74) is 7.32. The SMILES string of the molecule is CCCC(O)(c1ccc(C(C)(C)C)cc1)N1CCC(OC(c2ccccc2)c2ccc(Cl)cc2)CC1.CCCC(O)(c1ccc(C(C)(C)C)cc1)N1CCC(OC(c2ccccc2)c2ccc(Cl)cc2)CC1.O=C(O)/C=C/C(=O)O. The predicted octanol–water partition coefficient (Wildman–Crippen LogP) is 15.4. The van der Waals surface area contributed by atoms with Crippen molar-refractivity contribution in [3.63, 3.8) is 0 Å². The van der Waals surface area contributed by atoms with Crippen LogP contribution in [0.2, 0.25) is 10.0 Å². The van der Waals surface area contributed by atoms with Crippen LogP contribution in [-0.4, -0.2) is 80.6 Å². The minimum absolute atomic E-state index is 0.0937. The molecule has 8 rings (SSSR count). The second kappa shape index (κ2) is 29.4. The summed E-state index contributed by atoms with van der Waals surface area (Å²) in [5, 5.41) is 40.9. The Labute approximate surface area is 486 Å². The average molecular weight is 1130 g/mol. The maximum atomic E-state index is 11.9. The maximum Gasteiger partial charge on any atom is 0.328 e. The number of hydrogen-bond donors (Lipinski definition) is 4. The topological polar surface area (TPSA) is 140 Å². The minimum atomic E-state index is -1.26. The lowest BCUT2D eigenvalue weighted by atomic mass is 9.85. The lowest BCUT2D eigenvalue weighted by molar-refractivity contribution is -0.148. The highest BCUT2D eigenvalue weighted by molar-refractivity contribution is 6.30. The molecule has 0 saturated carbocycles. The monoisotopic (exact) mass is 1130 g/mol. The highest BCUT2D eigenvalue weighted by atomic mass is 35.5. The van der Waals surface area contributed by atoms with Crippen LogP contribution in [0.3, 0.4) is 0 Å². The molecule has 0 spiro atoms. The van der Waals surface area contributed by atoms with E-state index in [0.29, 0.717) is 25.0 Å². The number of carboxylic acid groups (broad SMARTS) is 2. The molecule has 2 aliphatic heterocycles. The second-order valence-corrected chi connectivity index (χ2v) is 24.0. The number of piperidine rings is 2. The fourth-order valence-corrected chi connectivity index (χ4v) is 10.9. The molecule has 4 N–H and O–H groups in total. The van der Waals surface area contributed by atoms with Crippen LogP contribution in [0.5, 0.6) is 0 Å². The first-order chi connectivity index (χ1) is 38.0. The summed E-state index contributed by atoms with van der Waals surface area (Å²) < 4.78 is 13.5. The minimum Gasteiger partial charge on any atom is -0.478 e. The van der Waals surface area contributed by atoms with Crippen molar-refractivity contribution in [3.8, 4) is 0 Å². The van der Waals surface area contributed by atoms with E-state index in [1.807, 2.05) is 36.4 Å². The van der Waals surface area contributed by atoms with Gasteiger partial charge in [0.2, 0.25) is 0 Å². The van der Waals surface area contributed by atoms with Gasteiger partial charge in [-0.3, -0.25) is 9.80 Å². The highest BCUT2D eigenvalue weighted by Crippen LogP contribution is 2.39. The van der Waals surface area contributed by atoms with Gasteiger partial charge in [-0.2, -0.15) is 0 Å². The number of carbonyl (C=O) groups is 2. The number of benzene rings is 6. The van der Waals surface area contributed by atoms with Crippen molar-refractivity contribution in [2.45, 2.75) is 153 Å². The molecule has 4 unspecified atom stereocenters.